The van der Waals surface area contributed by atoms with E-state index in [2.05, 4.69) is 110 Å². The van der Waals surface area contributed by atoms with Gasteiger partial charge in [-0.05, 0) is 99.9 Å². The number of aromatic nitrogens is 1. The lowest BCUT2D eigenvalue weighted by molar-refractivity contribution is 0.0336. The van der Waals surface area contributed by atoms with E-state index in [0.717, 1.165) is 19.3 Å². The number of benzene rings is 1. The Morgan fingerprint density at radius 1 is 1.05 bits per heavy atom. The Kier molecular flexibility index (Phi) is 7.83. The summed E-state index contributed by atoms with van der Waals surface area (Å²) in [5.74, 6) is 0.680. The molecule has 1 unspecified atom stereocenters. The largest absolute Gasteiger partial charge is 0.413 e. The first kappa shape index (κ1) is 28.4. The van der Waals surface area contributed by atoms with Crippen LogP contribution in [0.25, 0.3) is 10.9 Å². The maximum atomic E-state index is 7.30. The summed E-state index contributed by atoms with van der Waals surface area (Å²) in [6, 6.07) is 8.82. The average Bonchev–Trinajstić information content (AvgIpc) is 3.20. The van der Waals surface area contributed by atoms with E-state index in [1.54, 1.807) is 11.1 Å². The molecule has 1 heterocycles. The summed E-state index contributed by atoms with van der Waals surface area (Å²) in [5, 5.41) is 1.62. The fourth-order valence-corrected chi connectivity index (χ4v) is 8.42. The third kappa shape index (κ3) is 5.32. The highest BCUT2D eigenvalue weighted by molar-refractivity contribution is 6.74. The Morgan fingerprint density at radius 3 is 2.38 bits per heavy atom. The Bertz CT molecular complexity index is 1170. The molecule has 3 heteroatoms. The van der Waals surface area contributed by atoms with Gasteiger partial charge >= 0.3 is 0 Å². The van der Waals surface area contributed by atoms with Crippen molar-refractivity contribution in [3.63, 3.8) is 0 Å². The number of fused-ring (bicyclic) bond motifs is 1. The predicted octanol–water partition coefficient (Wildman–Crippen LogP) is 10.4. The third-order valence-corrected chi connectivity index (χ3v) is 15.2. The molecule has 1 aromatic heterocycles. The van der Waals surface area contributed by atoms with Crippen molar-refractivity contribution in [3.05, 3.63) is 58.8 Å². The van der Waals surface area contributed by atoms with Crippen LogP contribution in [0.1, 0.15) is 99.5 Å². The zero-order chi connectivity index (χ0) is 27.2. The number of allylic oxidation sites excluding steroid dienone is 3. The number of hydrogen-bond donors (Lipinski definition) is 1. The summed E-state index contributed by atoms with van der Waals surface area (Å²) in [7, 11) is -1.87. The van der Waals surface area contributed by atoms with E-state index in [-0.39, 0.29) is 15.9 Å². The molecule has 0 saturated heterocycles. The van der Waals surface area contributed by atoms with E-state index in [9.17, 15) is 0 Å². The molecule has 4 rings (SSSR count). The fourth-order valence-electron chi connectivity index (χ4n) is 6.98. The lowest BCUT2D eigenvalue weighted by Crippen LogP contribution is -2.52. The van der Waals surface area contributed by atoms with Crippen molar-refractivity contribution in [3.8, 4) is 0 Å². The molecule has 0 amide bonds. The standard InChI is InChI=1S/C34H53NOSi/c1-24(2)14-13-21-33(7)28-18-17-25(3)34(8,22-26-23-35-30-16-12-11-15-27(26)30)29(28)19-20-31(33)36-37(9,10)32(4,5)6/h11-12,14-16,23,25,31,35H,13,17-22H2,1-10H3/t25?,31-,33-,34+/m1/s1. The topological polar surface area (TPSA) is 25.0 Å². The van der Waals surface area contributed by atoms with Gasteiger partial charge in [-0.1, -0.05) is 82.5 Å². The van der Waals surface area contributed by atoms with Gasteiger partial charge in [0.1, 0.15) is 0 Å². The van der Waals surface area contributed by atoms with E-state index in [1.807, 2.05) is 0 Å². The van der Waals surface area contributed by atoms with Crippen molar-refractivity contribution in [1.82, 2.24) is 4.98 Å². The van der Waals surface area contributed by atoms with Crippen molar-refractivity contribution in [2.24, 2.45) is 16.7 Å². The molecule has 2 aromatic rings. The van der Waals surface area contributed by atoms with Crippen LogP contribution >= 0.6 is 0 Å². The van der Waals surface area contributed by atoms with Gasteiger partial charge in [0.15, 0.2) is 8.32 Å². The first-order valence-electron chi connectivity index (χ1n) is 14.8. The number of aromatic amines is 1. The number of hydrogen-bond acceptors (Lipinski definition) is 1. The van der Waals surface area contributed by atoms with Crippen LogP contribution < -0.4 is 0 Å². The SMILES string of the molecule is CC(C)=CCC[C@]1(C)C2=C(CC[C@H]1O[Si](C)(C)C(C)(C)C)[C@@](C)(Cc1c[nH]c3ccccc13)C(C)CC2. The minimum Gasteiger partial charge on any atom is -0.413 e. The molecular formula is C34H53NOSi. The molecule has 0 spiro atoms. The Labute approximate surface area is 228 Å². The van der Waals surface area contributed by atoms with Crippen LogP contribution in [0.5, 0.6) is 0 Å². The Morgan fingerprint density at radius 2 is 1.70 bits per heavy atom. The molecule has 1 N–H and O–H groups in total. The monoisotopic (exact) mass is 519 g/mol. The van der Waals surface area contributed by atoms with Gasteiger partial charge in [0.05, 0.1) is 6.10 Å². The summed E-state index contributed by atoms with van der Waals surface area (Å²) in [6.45, 7) is 24.2. The maximum absolute atomic E-state index is 7.30. The zero-order valence-corrected chi connectivity index (χ0v) is 26.5. The summed E-state index contributed by atoms with van der Waals surface area (Å²) in [4.78, 5) is 3.55. The summed E-state index contributed by atoms with van der Waals surface area (Å²) in [6.07, 6.45) is 13.4. The normalized spacial score (nSPS) is 28.9. The number of nitrogens with one attached hydrogen (secondary N) is 1. The van der Waals surface area contributed by atoms with Crippen LogP contribution in [0.15, 0.2) is 53.3 Å². The third-order valence-electron chi connectivity index (χ3n) is 10.7. The van der Waals surface area contributed by atoms with Gasteiger partial charge in [-0.3, -0.25) is 0 Å². The van der Waals surface area contributed by atoms with Gasteiger partial charge in [0, 0.05) is 22.5 Å². The van der Waals surface area contributed by atoms with Crippen molar-refractivity contribution in [1.29, 1.82) is 0 Å². The van der Waals surface area contributed by atoms with Crippen molar-refractivity contribution < 1.29 is 4.43 Å². The van der Waals surface area contributed by atoms with Crippen LogP contribution in [0.3, 0.4) is 0 Å². The van der Waals surface area contributed by atoms with Gasteiger partial charge in [0.2, 0.25) is 0 Å². The van der Waals surface area contributed by atoms with Crippen molar-refractivity contribution >= 4 is 19.2 Å². The van der Waals surface area contributed by atoms with Gasteiger partial charge < -0.3 is 9.41 Å². The van der Waals surface area contributed by atoms with Gasteiger partial charge in [-0.2, -0.15) is 0 Å². The molecule has 204 valence electrons. The van der Waals surface area contributed by atoms with Crippen LogP contribution in [-0.4, -0.2) is 19.4 Å². The first-order valence-corrected chi connectivity index (χ1v) is 17.7. The summed E-state index contributed by atoms with van der Waals surface area (Å²) < 4.78 is 7.30. The second-order valence-electron chi connectivity index (χ2n) is 14.5. The Balaban J connectivity index is 1.77. The highest BCUT2D eigenvalue weighted by Gasteiger charge is 2.52. The minimum atomic E-state index is -1.87. The zero-order valence-electron chi connectivity index (χ0n) is 25.5. The van der Waals surface area contributed by atoms with E-state index in [0.29, 0.717) is 12.0 Å². The quantitative estimate of drug-likeness (QED) is 0.285. The second-order valence-corrected chi connectivity index (χ2v) is 19.2. The van der Waals surface area contributed by atoms with E-state index >= 15 is 0 Å². The number of para-hydroxylation sites is 1. The summed E-state index contributed by atoms with van der Waals surface area (Å²) in [5.41, 5.74) is 7.99. The number of H-pyrrole nitrogens is 1. The molecule has 2 aliphatic rings. The maximum Gasteiger partial charge on any atom is 0.192 e. The van der Waals surface area contributed by atoms with E-state index in [4.69, 9.17) is 4.43 Å². The second kappa shape index (κ2) is 10.2. The lowest BCUT2D eigenvalue weighted by atomic mass is 9.53. The molecule has 0 radical (unpaired) electrons. The molecule has 0 aliphatic heterocycles. The molecule has 1 aromatic carbocycles. The van der Waals surface area contributed by atoms with E-state index < -0.39 is 8.32 Å². The molecule has 4 atom stereocenters. The molecule has 0 fully saturated rings. The highest BCUT2D eigenvalue weighted by atomic mass is 28.4. The minimum absolute atomic E-state index is 0.108. The molecule has 2 nitrogen and oxygen atoms in total. The van der Waals surface area contributed by atoms with Crippen LogP contribution in [0.4, 0.5) is 0 Å². The summed E-state index contributed by atoms with van der Waals surface area (Å²) >= 11 is 0. The van der Waals surface area contributed by atoms with Crippen LogP contribution in [0.2, 0.25) is 18.1 Å². The number of rotatable bonds is 7. The molecule has 37 heavy (non-hydrogen) atoms. The van der Waals surface area contributed by atoms with Crippen molar-refractivity contribution in [2.75, 3.05) is 0 Å². The average molecular weight is 520 g/mol. The van der Waals surface area contributed by atoms with Crippen LogP contribution in [-0.2, 0) is 10.8 Å². The molecular weight excluding hydrogens is 466 g/mol. The molecule has 0 bridgehead atoms. The lowest BCUT2D eigenvalue weighted by Gasteiger charge is -2.55. The smallest absolute Gasteiger partial charge is 0.192 e. The van der Waals surface area contributed by atoms with Gasteiger partial charge in [-0.25, -0.2) is 0 Å². The Hall–Kier alpha value is -1.58. The van der Waals surface area contributed by atoms with Gasteiger partial charge in [-0.15, -0.1) is 0 Å². The highest BCUT2D eigenvalue weighted by Crippen LogP contribution is 2.59. The first-order chi connectivity index (χ1) is 17.2. The van der Waals surface area contributed by atoms with Crippen LogP contribution in [0, 0.1) is 16.7 Å². The van der Waals surface area contributed by atoms with Crippen molar-refractivity contribution in [2.45, 2.75) is 125 Å². The fraction of sp³-hybridized carbons (Fsp3) is 0.647. The van der Waals surface area contributed by atoms with Gasteiger partial charge in [0.25, 0.3) is 0 Å². The van der Waals surface area contributed by atoms with E-state index in [1.165, 1.54) is 47.7 Å². The predicted molar refractivity (Wildman–Crippen MR) is 164 cm³/mol. The molecule has 0 saturated carbocycles. The molecule has 2 aliphatic carbocycles.